The highest BCUT2D eigenvalue weighted by Crippen LogP contribution is 2.55. The predicted molar refractivity (Wildman–Crippen MR) is 224 cm³/mol. The van der Waals surface area contributed by atoms with Gasteiger partial charge in [-0.25, -0.2) is 0 Å². The predicted octanol–water partition coefficient (Wildman–Crippen LogP) is 13.9. The molecule has 1 aliphatic heterocycles. The largest absolute Gasteiger partial charge is 0.484 e. The minimum Gasteiger partial charge on any atom is -0.484 e. The number of hydrogen-bond donors (Lipinski definition) is 0. The van der Waals surface area contributed by atoms with Crippen LogP contribution in [0, 0.1) is 0 Å². The Morgan fingerprint density at radius 1 is 0.340 bits per heavy atom. The monoisotopic (exact) mass is 674 g/mol. The first-order valence-electron chi connectivity index (χ1n) is 18.5. The van der Waals surface area contributed by atoms with E-state index in [1.54, 1.807) is 0 Å². The number of rotatable bonds is 4. The maximum Gasteiger partial charge on any atom is 0.132 e. The second-order valence-electron chi connectivity index (χ2n) is 14.2. The molecule has 0 fully saturated rings. The van der Waals surface area contributed by atoms with E-state index in [0.29, 0.717) is 0 Å². The van der Waals surface area contributed by atoms with Crippen LogP contribution in [0.1, 0.15) is 11.5 Å². The molecular weight excluding hydrogens is 641 g/mol. The van der Waals surface area contributed by atoms with Gasteiger partial charge in [-0.1, -0.05) is 182 Å². The van der Waals surface area contributed by atoms with E-state index in [1.807, 2.05) is 0 Å². The Balaban J connectivity index is 1.20. The van der Waals surface area contributed by atoms with E-state index in [-0.39, 0.29) is 12.0 Å². The van der Waals surface area contributed by atoms with Crippen LogP contribution in [0.15, 0.2) is 194 Å². The second-order valence-corrected chi connectivity index (χ2v) is 14.2. The summed E-state index contributed by atoms with van der Waals surface area (Å²) in [5, 5.41) is 10.00. The SMILES string of the molecule is C1=CC2Oc3c(-c4ccc(-c5ccccc5)c5ccccc45)ccc(-c4c5ccccc5c(-c5cccc6ccccc56)c5ccccc45)c3C2C=C1. The lowest BCUT2D eigenvalue weighted by atomic mass is 9.80. The summed E-state index contributed by atoms with van der Waals surface area (Å²) in [6, 6.07) is 62.1. The zero-order chi connectivity index (χ0) is 34.9. The molecule has 1 nitrogen and oxygen atoms in total. The third kappa shape index (κ3) is 4.57. The van der Waals surface area contributed by atoms with Crippen molar-refractivity contribution in [2.24, 2.45) is 0 Å². The van der Waals surface area contributed by atoms with Crippen LogP contribution in [-0.2, 0) is 0 Å². The molecule has 0 aromatic heterocycles. The summed E-state index contributed by atoms with van der Waals surface area (Å²) < 4.78 is 7.05. The fraction of sp³-hybridized carbons (Fsp3) is 0.0385. The molecule has 0 radical (unpaired) electrons. The van der Waals surface area contributed by atoms with Crippen LogP contribution in [0.3, 0.4) is 0 Å². The van der Waals surface area contributed by atoms with Crippen molar-refractivity contribution in [3.8, 4) is 50.3 Å². The smallest absolute Gasteiger partial charge is 0.132 e. The third-order valence-corrected chi connectivity index (χ3v) is 11.4. The fourth-order valence-electron chi connectivity index (χ4n) is 9.14. The zero-order valence-electron chi connectivity index (χ0n) is 29.0. The van der Waals surface area contributed by atoms with E-state index < -0.39 is 0 Å². The molecule has 9 aromatic carbocycles. The molecule has 1 heteroatoms. The van der Waals surface area contributed by atoms with Crippen molar-refractivity contribution in [2.75, 3.05) is 0 Å². The number of hydrogen-bond acceptors (Lipinski definition) is 1. The van der Waals surface area contributed by atoms with Crippen molar-refractivity contribution in [2.45, 2.75) is 12.0 Å². The van der Waals surface area contributed by atoms with Gasteiger partial charge in [0.2, 0.25) is 0 Å². The highest BCUT2D eigenvalue weighted by Gasteiger charge is 2.37. The number of ether oxygens (including phenoxy) is 1. The van der Waals surface area contributed by atoms with Crippen LogP contribution >= 0.6 is 0 Å². The second kappa shape index (κ2) is 11.9. The molecule has 0 N–H and O–H groups in total. The maximum atomic E-state index is 7.05. The molecule has 53 heavy (non-hydrogen) atoms. The summed E-state index contributed by atoms with van der Waals surface area (Å²) >= 11 is 0. The van der Waals surface area contributed by atoms with Crippen LogP contribution in [-0.4, -0.2) is 6.10 Å². The van der Waals surface area contributed by atoms with Crippen LogP contribution in [0.25, 0.3) is 87.6 Å². The lowest BCUT2D eigenvalue weighted by Gasteiger charge is -2.22. The normalized spacial score (nSPS) is 15.9. The number of benzene rings is 9. The van der Waals surface area contributed by atoms with E-state index >= 15 is 0 Å². The lowest BCUT2D eigenvalue weighted by Crippen LogP contribution is -2.15. The van der Waals surface area contributed by atoms with E-state index in [4.69, 9.17) is 4.74 Å². The Labute approximate surface area is 308 Å². The first-order chi connectivity index (χ1) is 26.3. The Bertz CT molecular complexity index is 2920. The van der Waals surface area contributed by atoms with Gasteiger partial charge in [-0.3, -0.25) is 0 Å². The summed E-state index contributed by atoms with van der Waals surface area (Å²) in [6.07, 6.45) is 8.79. The summed E-state index contributed by atoms with van der Waals surface area (Å²) in [5.74, 6) is 1.09. The molecule has 2 unspecified atom stereocenters. The molecule has 0 spiro atoms. The van der Waals surface area contributed by atoms with Crippen molar-refractivity contribution >= 4 is 43.1 Å². The highest BCUT2D eigenvalue weighted by molar-refractivity contribution is 6.24. The van der Waals surface area contributed by atoms with Gasteiger partial charge in [0.25, 0.3) is 0 Å². The average Bonchev–Trinajstić information content (AvgIpc) is 3.63. The molecule has 0 saturated carbocycles. The molecule has 0 saturated heterocycles. The molecule has 0 bridgehead atoms. The zero-order valence-corrected chi connectivity index (χ0v) is 29.0. The van der Waals surface area contributed by atoms with Gasteiger partial charge >= 0.3 is 0 Å². The Morgan fingerprint density at radius 2 is 0.849 bits per heavy atom. The van der Waals surface area contributed by atoms with Crippen molar-refractivity contribution in [3.63, 3.8) is 0 Å². The van der Waals surface area contributed by atoms with Gasteiger partial charge in [0.15, 0.2) is 0 Å². The Morgan fingerprint density at radius 3 is 1.57 bits per heavy atom. The quantitative estimate of drug-likeness (QED) is 0.169. The van der Waals surface area contributed by atoms with Crippen LogP contribution in [0.2, 0.25) is 0 Å². The van der Waals surface area contributed by atoms with E-state index in [9.17, 15) is 0 Å². The van der Waals surface area contributed by atoms with Gasteiger partial charge < -0.3 is 4.74 Å². The molecular formula is C52H34O. The maximum absolute atomic E-state index is 7.05. The van der Waals surface area contributed by atoms with E-state index in [1.165, 1.54) is 87.6 Å². The molecule has 9 aromatic rings. The van der Waals surface area contributed by atoms with Gasteiger partial charge in [0, 0.05) is 17.0 Å². The van der Waals surface area contributed by atoms with Crippen LogP contribution in [0.5, 0.6) is 5.75 Å². The number of fused-ring (bicyclic) bond motifs is 7. The molecule has 1 heterocycles. The van der Waals surface area contributed by atoms with Gasteiger partial charge in [-0.05, 0) is 94.2 Å². The van der Waals surface area contributed by atoms with Crippen molar-refractivity contribution < 1.29 is 4.74 Å². The van der Waals surface area contributed by atoms with Crippen molar-refractivity contribution in [1.29, 1.82) is 0 Å². The molecule has 248 valence electrons. The molecule has 2 aliphatic rings. The van der Waals surface area contributed by atoms with E-state index in [0.717, 1.165) is 11.3 Å². The molecule has 2 atom stereocenters. The topological polar surface area (TPSA) is 9.23 Å². The third-order valence-electron chi connectivity index (χ3n) is 11.4. The molecule has 0 amide bonds. The minimum atomic E-state index is -0.0581. The van der Waals surface area contributed by atoms with E-state index in [2.05, 4.69) is 194 Å². The van der Waals surface area contributed by atoms with Gasteiger partial charge in [-0.15, -0.1) is 0 Å². The van der Waals surface area contributed by atoms with Crippen molar-refractivity contribution in [3.05, 3.63) is 200 Å². The molecule has 11 rings (SSSR count). The van der Waals surface area contributed by atoms with Crippen molar-refractivity contribution in [1.82, 2.24) is 0 Å². The first-order valence-corrected chi connectivity index (χ1v) is 18.5. The van der Waals surface area contributed by atoms with Crippen LogP contribution < -0.4 is 4.74 Å². The minimum absolute atomic E-state index is 0.0581. The summed E-state index contributed by atoms with van der Waals surface area (Å²) in [5.41, 5.74) is 11.1. The molecule has 1 aliphatic carbocycles. The average molecular weight is 675 g/mol. The standard InChI is InChI=1S/C52H34O/c1-2-15-33(16-3-1)36-29-30-39(38-21-7-6-20-37(36)38)45-31-32-47(51-46-26-12-13-28-48(46)53-52(45)51)50-43-24-10-8-22-41(43)49(42-23-9-11-25-44(42)50)40-27-14-18-34-17-4-5-19-35(34)40/h1-32,46,48H. The summed E-state index contributed by atoms with van der Waals surface area (Å²) in [4.78, 5) is 0. The van der Waals surface area contributed by atoms with Gasteiger partial charge in [0.05, 0.1) is 0 Å². The Hall–Kier alpha value is -6.70. The van der Waals surface area contributed by atoms with Gasteiger partial charge in [0.1, 0.15) is 11.9 Å². The van der Waals surface area contributed by atoms with Gasteiger partial charge in [-0.2, -0.15) is 0 Å². The lowest BCUT2D eigenvalue weighted by molar-refractivity contribution is 0.270. The van der Waals surface area contributed by atoms with Crippen LogP contribution in [0.4, 0.5) is 0 Å². The summed E-state index contributed by atoms with van der Waals surface area (Å²) in [6.45, 7) is 0. The first kappa shape index (κ1) is 30.0. The number of allylic oxidation sites excluding steroid dienone is 2. The highest BCUT2D eigenvalue weighted by atomic mass is 16.5. The summed E-state index contributed by atoms with van der Waals surface area (Å²) in [7, 11) is 0. The fourth-order valence-corrected chi connectivity index (χ4v) is 9.14. The Kier molecular flexibility index (Phi) is 6.75.